The van der Waals surface area contributed by atoms with Crippen LogP contribution in [0.2, 0.25) is 0 Å². The molecule has 1 aliphatic carbocycles. The molecule has 0 saturated heterocycles. The minimum atomic E-state index is 0.468. The first-order chi connectivity index (χ1) is 9.78. The Bertz CT molecular complexity index is 530. The number of nitrogens with one attached hydrogen (secondary N) is 1. The highest BCUT2D eigenvalue weighted by molar-refractivity contribution is 7.99. The maximum atomic E-state index is 3.88. The van der Waals surface area contributed by atoms with Gasteiger partial charge in [-0.1, -0.05) is 31.5 Å². The fraction of sp³-hybridized carbons (Fsp3) is 0.529. The van der Waals surface area contributed by atoms with Gasteiger partial charge < -0.3 is 5.32 Å². The first-order valence-electron chi connectivity index (χ1n) is 7.64. The zero-order valence-electron chi connectivity index (χ0n) is 12.3. The number of thioether (sulfide) groups is 1. The molecular formula is C17H23NS2. The van der Waals surface area contributed by atoms with Gasteiger partial charge in [0.2, 0.25) is 0 Å². The van der Waals surface area contributed by atoms with Gasteiger partial charge in [-0.25, -0.2) is 0 Å². The summed E-state index contributed by atoms with van der Waals surface area (Å²) in [5, 5.41) is 6.08. The van der Waals surface area contributed by atoms with Crippen molar-refractivity contribution in [3.63, 3.8) is 0 Å². The normalized spacial score (nSPS) is 24.3. The molecule has 0 aliphatic heterocycles. The lowest BCUT2D eigenvalue weighted by Gasteiger charge is -2.24. The second kappa shape index (κ2) is 6.50. The summed E-state index contributed by atoms with van der Waals surface area (Å²) in [4.78, 5) is 1.47. The molecule has 3 heteroatoms. The lowest BCUT2D eigenvalue weighted by Crippen LogP contribution is -2.35. The van der Waals surface area contributed by atoms with E-state index in [9.17, 15) is 0 Å². The monoisotopic (exact) mass is 305 g/mol. The molecule has 0 radical (unpaired) electrons. The van der Waals surface area contributed by atoms with Crippen LogP contribution in [0.1, 0.15) is 44.0 Å². The van der Waals surface area contributed by atoms with E-state index in [-0.39, 0.29) is 0 Å². The fourth-order valence-electron chi connectivity index (χ4n) is 3.15. The second-order valence-corrected chi connectivity index (χ2v) is 8.24. The van der Waals surface area contributed by atoms with Gasteiger partial charge in [-0.05, 0) is 43.0 Å². The van der Waals surface area contributed by atoms with Crippen LogP contribution >= 0.6 is 23.1 Å². The standard InChI is InChI=1S/C17H23NS2/c1-3-19-16-10-6-8-14(16)18-12(2)17-11-13-7-4-5-9-15(13)20-17/h4-5,7,9,11-12,14,16,18H,3,6,8,10H2,1-2H3. The van der Waals surface area contributed by atoms with Gasteiger partial charge >= 0.3 is 0 Å². The number of hydrogen-bond donors (Lipinski definition) is 1. The molecule has 1 heterocycles. The molecule has 0 spiro atoms. The average Bonchev–Trinajstić information content (AvgIpc) is 3.06. The van der Waals surface area contributed by atoms with Crippen molar-refractivity contribution in [1.29, 1.82) is 0 Å². The Morgan fingerprint density at radius 3 is 3.00 bits per heavy atom. The summed E-state index contributed by atoms with van der Waals surface area (Å²) in [6.07, 6.45) is 4.11. The van der Waals surface area contributed by atoms with E-state index >= 15 is 0 Å². The molecule has 3 rings (SSSR count). The Morgan fingerprint density at radius 1 is 1.35 bits per heavy atom. The predicted octanol–water partition coefficient (Wildman–Crippen LogP) is 5.23. The van der Waals surface area contributed by atoms with E-state index in [0.29, 0.717) is 12.1 Å². The largest absolute Gasteiger partial charge is 0.306 e. The van der Waals surface area contributed by atoms with Gasteiger partial charge in [0, 0.05) is 26.9 Å². The van der Waals surface area contributed by atoms with Crippen LogP contribution in [0.3, 0.4) is 0 Å². The predicted molar refractivity (Wildman–Crippen MR) is 92.9 cm³/mol. The van der Waals surface area contributed by atoms with E-state index in [1.807, 2.05) is 11.3 Å². The van der Waals surface area contributed by atoms with Gasteiger partial charge in [0.15, 0.2) is 0 Å². The zero-order chi connectivity index (χ0) is 13.9. The molecule has 0 bridgehead atoms. The van der Waals surface area contributed by atoms with E-state index in [4.69, 9.17) is 0 Å². The number of benzene rings is 1. The minimum absolute atomic E-state index is 0.468. The Hall–Kier alpha value is -0.510. The Labute approximate surface area is 130 Å². The third kappa shape index (κ3) is 3.05. The summed E-state index contributed by atoms with van der Waals surface area (Å²) >= 11 is 4.06. The summed E-state index contributed by atoms with van der Waals surface area (Å²) in [7, 11) is 0. The van der Waals surface area contributed by atoms with Crippen molar-refractivity contribution in [2.45, 2.75) is 50.4 Å². The number of hydrogen-bond acceptors (Lipinski definition) is 3. The summed E-state index contributed by atoms with van der Waals surface area (Å²) in [5.41, 5.74) is 0. The quantitative estimate of drug-likeness (QED) is 0.812. The van der Waals surface area contributed by atoms with Gasteiger partial charge in [-0.2, -0.15) is 11.8 Å². The molecule has 108 valence electrons. The fourth-order valence-corrected chi connectivity index (χ4v) is 5.43. The van der Waals surface area contributed by atoms with Crippen LogP contribution in [0.4, 0.5) is 0 Å². The van der Waals surface area contributed by atoms with Crippen LogP contribution in [-0.2, 0) is 0 Å². The molecule has 1 N–H and O–H groups in total. The van der Waals surface area contributed by atoms with Crippen molar-refractivity contribution < 1.29 is 0 Å². The number of thiophene rings is 1. The lowest BCUT2D eigenvalue weighted by molar-refractivity contribution is 0.472. The number of fused-ring (bicyclic) bond motifs is 1. The van der Waals surface area contributed by atoms with E-state index in [0.717, 1.165) is 5.25 Å². The topological polar surface area (TPSA) is 12.0 Å². The molecule has 3 unspecified atom stereocenters. The molecule has 20 heavy (non-hydrogen) atoms. The number of rotatable bonds is 5. The summed E-state index contributed by atoms with van der Waals surface area (Å²) in [6, 6.07) is 12.2. The van der Waals surface area contributed by atoms with Crippen LogP contribution in [-0.4, -0.2) is 17.0 Å². The van der Waals surface area contributed by atoms with Crippen molar-refractivity contribution in [2.75, 3.05) is 5.75 Å². The molecule has 0 amide bonds. The van der Waals surface area contributed by atoms with Gasteiger partial charge in [-0.15, -0.1) is 11.3 Å². The van der Waals surface area contributed by atoms with Gasteiger partial charge in [-0.3, -0.25) is 0 Å². The van der Waals surface area contributed by atoms with Gasteiger partial charge in [0.25, 0.3) is 0 Å². The van der Waals surface area contributed by atoms with Gasteiger partial charge in [0.1, 0.15) is 0 Å². The van der Waals surface area contributed by atoms with Crippen LogP contribution in [0.5, 0.6) is 0 Å². The second-order valence-electron chi connectivity index (χ2n) is 5.61. The van der Waals surface area contributed by atoms with E-state index < -0.39 is 0 Å². The average molecular weight is 306 g/mol. The van der Waals surface area contributed by atoms with Crippen molar-refractivity contribution in [1.82, 2.24) is 5.32 Å². The maximum absolute atomic E-state index is 3.88. The Kier molecular flexibility index (Phi) is 4.69. The van der Waals surface area contributed by atoms with E-state index in [1.54, 1.807) is 0 Å². The molecule has 3 atom stereocenters. The molecule has 1 fully saturated rings. The van der Waals surface area contributed by atoms with Crippen molar-refractivity contribution in [2.24, 2.45) is 0 Å². The highest BCUT2D eigenvalue weighted by Crippen LogP contribution is 2.34. The van der Waals surface area contributed by atoms with E-state index in [2.05, 4.69) is 61.3 Å². The molecule has 1 nitrogen and oxygen atoms in total. The van der Waals surface area contributed by atoms with Crippen LogP contribution in [0.15, 0.2) is 30.3 Å². The molecular weight excluding hydrogens is 282 g/mol. The highest BCUT2D eigenvalue weighted by atomic mass is 32.2. The third-order valence-corrected chi connectivity index (χ3v) is 6.79. The smallest absolute Gasteiger partial charge is 0.0389 e. The third-order valence-electron chi connectivity index (χ3n) is 4.17. The zero-order valence-corrected chi connectivity index (χ0v) is 13.9. The van der Waals surface area contributed by atoms with Crippen LogP contribution < -0.4 is 5.32 Å². The highest BCUT2D eigenvalue weighted by Gasteiger charge is 2.28. The summed E-state index contributed by atoms with van der Waals surface area (Å²) in [6.45, 7) is 4.59. The first-order valence-corrected chi connectivity index (χ1v) is 9.50. The molecule has 1 aromatic carbocycles. The van der Waals surface area contributed by atoms with Crippen molar-refractivity contribution in [3.8, 4) is 0 Å². The Balaban J connectivity index is 1.70. The molecule has 1 aromatic heterocycles. The minimum Gasteiger partial charge on any atom is -0.306 e. The maximum Gasteiger partial charge on any atom is 0.0389 e. The molecule has 1 aliphatic rings. The van der Waals surface area contributed by atoms with Crippen molar-refractivity contribution in [3.05, 3.63) is 35.2 Å². The van der Waals surface area contributed by atoms with E-state index in [1.165, 1.54) is 40.0 Å². The SMILES string of the molecule is CCSC1CCCC1NC(C)c1cc2ccccc2s1. The Morgan fingerprint density at radius 2 is 2.20 bits per heavy atom. The van der Waals surface area contributed by atoms with Gasteiger partial charge in [0.05, 0.1) is 0 Å². The van der Waals surface area contributed by atoms with Crippen LogP contribution in [0, 0.1) is 0 Å². The summed E-state index contributed by atoms with van der Waals surface area (Å²) < 4.78 is 1.40. The first kappa shape index (κ1) is 14.4. The molecule has 1 saturated carbocycles. The van der Waals surface area contributed by atoms with Crippen molar-refractivity contribution >= 4 is 33.2 Å². The molecule has 2 aromatic rings. The summed E-state index contributed by atoms with van der Waals surface area (Å²) in [5.74, 6) is 1.24. The van der Waals surface area contributed by atoms with Crippen LogP contribution in [0.25, 0.3) is 10.1 Å². The lowest BCUT2D eigenvalue weighted by atomic mass is 10.1.